The summed E-state index contributed by atoms with van der Waals surface area (Å²) in [7, 11) is 0. The molecule has 0 saturated carbocycles. The fourth-order valence-electron chi connectivity index (χ4n) is 2.53. The molecule has 1 atom stereocenters. The Kier molecular flexibility index (Phi) is 2.69. The maximum absolute atomic E-state index is 4.18. The lowest BCUT2D eigenvalue weighted by Gasteiger charge is -2.34. The number of aromatic nitrogens is 1. The lowest BCUT2D eigenvalue weighted by molar-refractivity contribution is 0.485. The van der Waals surface area contributed by atoms with Gasteiger partial charge in [-0.25, -0.2) is 0 Å². The van der Waals surface area contributed by atoms with Crippen molar-refractivity contribution in [2.24, 2.45) is 0 Å². The minimum Gasteiger partial charge on any atom is -0.368 e. The zero-order valence-corrected chi connectivity index (χ0v) is 10.1. The number of nitrogens with zero attached hydrogens (tertiary/aromatic N) is 2. The normalized spacial score (nSPS) is 20.8. The highest BCUT2D eigenvalue weighted by molar-refractivity contribution is 5.93. The first kappa shape index (κ1) is 10.5. The van der Waals surface area contributed by atoms with Crippen LogP contribution >= 0.6 is 0 Å². The molecule has 3 rings (SSSR count). The molecule has 2 heterocycles. The third-order valence-corrected chi connectivity index (χ3v) is 3.37. The van der Waals surface area contributed by atoms with Crippen molar-refractivity contribution in [3.63, 3.8) is 0 Å². The number of nitrogens with one attached hydrogen (secondary N) is 1. The van der Waals surface area contributed by atoms with Gasteiger partial charge in [0.1, 0.15) is 0 Å². The van der Waals surface area contributed by atoms with E-state index in [2.05, 4.69) is 46.4 Å². The molecule has 88 valence electrons. The molecule has 1 aromatic heterocycles. The Bertz CT molecular complexity index is 518. The van der Waals surface area contributed by atoms with Gasteiger partial charge in [-0.15, -0.1) is 0 Å². The summed E-state index contributed by atoms with van der Waals surface area (Å²) < 4.78 is 0. The maximum atomic E-state index is 4.18. The number of pyridine rings is 1. The molecular weight excluding hydrogens is 210 g/mol. The zero-order chi connectivity index (χ0) is 11.7. The first-order valence-corrected chi connectivity index (χ1v) is 6.15. The van der Waals surface area contributed by atoms with Gasteiger partial charge in [-0.3, -0.25) is 4.98 Å². The van der Waals surface area contributed by atoms with Crippen LogP contribution in [0.25, 0.3) is 10.8 Å². The molecule has 0 unspecified atom stereocenters. The van der Waals surface area contributed by atoms with Gasteiger partial charge in [-0.1, -0.05) is 12.1 Å². The van der Waals surface area contributed by atoms with Gasteiger partial charge in [0, 0.05) is 54.5 Å². The average molecular weight is 227 g/mol. The fourth-order valence-corrected chi connectivity index (χ4v) is 2.53. The van der Waals surface area contributed by atoms with E-state index >= 15 is 0 Å². The summed E-state index contributed by atoms with van der Waals surface area (Å²) in [4.78, 5) is 6.65. The second kappa shape index (κ2) is 4.34. The van der Waals surface area contributed by atoms with E-state index in [1.54, 1.807) is 0 Å². The lowest BCUT2D eigenvalue weighted by Crippen LogP contribution is -2.49. The van der Waals surface area contributed by atoms with Crippen molar-refractivity contribution in [1.82, 2.24) is 10.3 Å². The molecule has 1 fully saturated rings. The van der Waals surface area contributed by atoms with Crippen LogP contribution < -0.4 is 10.2 Å². The first-order chi connectivity index (χ1) is 8.34. The molecule has 1 aromatic carbocycles. The SMILES string of the molecule is C[C@@H]1CN(c2cccc3cnccc23)CCN1. The van der Waals surface area contributed by atoms with Crippen LogP contribution in [0.15, 0.2) is 36.7 Å². The summed E-state index contributed by atoms with van der Waals surface area (Å²) in [6.45, 7) is 5.44. The van der Waals surface area contributed by atoms with Crippen LogP contribution in [-0.2, 0) is 0 Å². The van der Waals surface area contributed by atoms with Crippen molar-refractivity contribution in [3.05, 3.63) is 36.7 Å². The molecule has 17 heavy (non-hydrogen) atoms. The Morgan fingerprint density at radius 1 is 1.35 bits per heavy atom. The van der Waals surface area contributed by atoms with E-state index in [-0.39, 0.29) is 0 Å². The van der Waals surface area contributed by atoms with E-state index in [9.17, 15) is 0 Å². The number of hydrogen-bond donors (Lipinski definition) is 1. The summed E-state index contributed by atoms with van der Waals surface area (Å²) in [5, 5.41) is 6.00. The van der Waals surface area contributed by atoms with Crippen molar-refractivity contribution in [2.45, 2.75) is 13.0 Å². The number of anilines is 1. The summed E-state index contributed by atoms with van der Waals surface area (Å²) in [5.41, 5.74) is 1.33. The second-order valence-corrected chi connectivity index (χ2v) is 4.68. The molecule has 0 amide bonds. The molecule has 3 heteroatoms. The maximum Gasteiger partial charge on any atom is 0.0448 e. The summed E-state index contributed by atoms with van der Waals surface area (Å²) in [5.74, 6) is 0. The molecule has 1 saturated heterocycles. The van der Waals surface area contributed by atoms with Crippen molar-refractivity contribution in [1.29, 1.82) is 0 Å². The van der Waals surface area contributed by atoms with Crippen molar-refractivity contribution in [2.75, 3.05) is 24.5 Å². The fraction of sp³-hybridized carbons (Fsp3) is 0.357. The van der Waals surface area contributed by atoms with Gasteiger partial charge < -0.3 is 10.2 Å². The van der Waals surface area contributed by atoms with Crippen LogP contribution in [0.3, 0.4) is 0 Å². The van der Waals surface area contributed by atoms with Crippen LogP contribution in [0.2, 0.25) is 0 Å². The summed E-state index contributed by atoms with van der Waals surface area (Å²) in [6.07, 6.45) is 3.81. The quantitative estimate of drug-likeness (QED) is 0.808. The molecule has 0 bridgehead atoms. The second-order valence-electron chi connectivity index (χ2n) is 4.68. The molecule has 0 aliphatic carbocycles. The van der Waals surface area contributed by atoms with Gasteiger partial charge in [0.15, 0.2) is 0 Å². The largest absolute Gasteiger partial charge is 0.368 e. The number of fused-ring (bicyclic) bond motifs is 1. The Morgan fingerprint density at radius 2 is 2.29 bits per heavy atom. The molecule has 1 aliphatic rings. The van der Waals surface area contributed by atoms with Gasteiger partial charge in [0.25, 0.3) is 0 Å². The topological polar surface area (TPSA) is 28.2 Å². The highest BCUT2D eigenvalue weighted by Crippen LogP contribution is 2.26. The van der Waals surface area contributed by atoms with Crippen LogP contribution in [0, 0.1) is 0 Å². The number of piperazine rings is 1. The highest BCUT2D eigenvalue weighted by atomic mass is 15.2. The molecular formula is C14H17N3. The Hall–Kier alpha value is -1.61. The van der Waals surface area contributed by atoms with Crippen LogP contribution in [0.1, 0.15) is 6.92 Å². The number of hydrogen-bond acceptors (Lipinski definition) is 3. The van der Waals surface area contributed by atoms with Crippen molar-refractivity contribution in [3.8, 4) is 0 Å². The average Bonchev–Trinajstić information content (AvgIpc) is 2.38. The van der Waals surface area contributed by atoms with Gasteiger partial charge in [0.05, 0.1) is 0 Å². The highest BCUT2D eigenvalue weighted by Gasteiger charge is 2.17. The Labute approximate surface area is 101 Å². The first-order valence-electron chi connectivity index (χ1n) is 6.15. The molecule has 1 N–H and O–H groups in total. The van der Waals surface area contributed by atoms with E-state index in [4.69, 9.17) is 0 Å². The summed E-state index contributed by atoms with van der Waals surface area (Å²) in [6, 6.07) is 9.11. The third kappa shape index (κ3) is 1.98. The van der Waals surface area contributed by atoms with E-state index in [1.165, 1.54) is 16.5 Å². The molecule has 1 aliphatic heterocycles. The smallest absolute Gasteiger partial charge is 0.0448 e. The Balaban J connectivity index is 2.04. The monoisotopic (exact) mass is 227 g/mol. The lowest BCUT2D eigenvalue weighted by atomic mass is 10.1. The summed E-state index contributed by atoms with van der Waals surface area (Å²) >= 11 is 0. The van der Waals surface area contributed by atoms with Crippen LogP contribution in [-0.4, -0.2) is 30.7 Å². The number of rotatable bonds is 1. The van der Waals surface area contributed by atoms with E-state index < -0.39 is 0 Å². The van der Waals surface area contributed by atoms with Crippen molar-refractivity contribution < 1.29 is 0 Å². The third-order valence-electron chi connectivity index (χ3n) is 3.37. The van der Waals surface area contributed by atoms with Crippen molar-refractivity contribution >= 4 is 16.5 Å². The van der Waals surface area contributed by atoms with Crippen LogP contribution in [0.5, 0.6) is 0 Å². The Morgan fingerprint density at radius 3 is 3.18 bits per heavy atom. The van der Waals surface area contributed by atoms with E-state index in [0.717, 1.165) is 19.6 Å². The molecule has 0 spiro atoms. The molecule has 0 radical (unpaired) electrons. The van der Waals surface area contributed by atoms with E-state index in [1.807, 2.05) is 12.4 Å². The van der Waals surface area contributed by atoms with Crippen LogP contribution in [0.4, 0.5) is 5.69 Å². The standard InChI is InChI=1S/C14H17N3/c1-11-10-17(8-7-16-11)14-4-2-3-12-9-15-6-5-13(12)14/h2-6,9,11,16H,7-8,10H2,1H3/t11-/m1/s1. The van der Waals surface area contributed by atoms with Gasteiger partial charge >= 0.3 is 0 Å². The minimum atomic E-state index is 0.556. The van der Waals surface area contributed by atoms with Gasteiger partial charge in [-0.05, 0) is 19.1 Å². The van der Waals surface area contributed by atoms with E-state index in [0.29, 0.717) is 6.04 Å². The number of benzene rings is 1. The zero-order valence-electron chi connectivity index (χ0n) is 10.1. The predicted octanol–water partition coefficient (Wildman–Crippen LogP) is 2.03. The minimum absolute atomic E-state index is 0.556. The molecule has 2 aromatic rings. The molecule has 3 nitrogen and oxygen atoms in total. The van der Waals surface area contributed by atoms with Gasteiger partial charge in [-0.2, -0.15) is 0 Å². The predicted molar refractivity (Wildman–Crippen MR) is 71.4 cm³/mol. The van der Waals surface area contributed by atoms with Gasteiger partial charge in [0.2, 0.25) is 0 Å².